The molecule has 0 aliphatic rings. The molecule has 0 aromatic heterocycles. The van der Waals surface area contributed by atoms with Gasteiger partial charge in [0, 0.05) is 0 Å². The van der Waals surface area contributed by atoms with Crippen LogP contribution in [0.4, 0.5) is 0 Å². The molecule has 0 aromatic rings. The Morgan fingerprint density at radius 2 is 1.43 bits per heavy atom. The SMILES string of the molecule is O=[N+]([O-])[Pt+2][N+](=O)[O-]. The molecule has 0 atom stereocenters. The molecule has 0 aliphatic heterocycles. The van der Waals surface area contributed by atoms with E-state index in [4.69, 9.17) is 0 Å². The van der Waals surface area contributed by atoms with Crippen LogP contribution in [0.2, 0.25) is 0 Å². The molecular formula is N2O4Pt+2. The van der Waals surface area contributed by atoms with Crippen molar-refractivity contribution in [3.05, 3.63) is 20.2 Å². The van der Waals surface area contributed by atoms with Gasteiger partial charge in [0.15, 0.2) is 0 Å². The fraction of sp³-hybridized carbons (Fsp3) is 0. The predicted molar refractivity (Wildman–Crippen MR) is 14.0 cm³/mol. The number of hydrogen-bond donors (Lipinski definition) is 0. The minimum atomic E-state index is -2.06. The fourth-order valence-electron chi connectivity index (χ4n) is 0.0422. The Morgan fingerprint density at radius 1 is 1.14 bits per heavy atom. The molecule has 7 heteroatoms. The Hall–Kier alpha value is -0.512. The number of hydrogen-bond acceptors (Lipinski definition) is 4. The van der Waals surface area contributed by atoms with Gasteiger partial charge in [0.2, 0.25) is 0 Å². The van der Waals surface area contributed by atoms with Crippen LogP contribution in [0.3, 0.4) is 0 Å². The molecule has 0 fully saturated rings. The Bertz CT molecular complexity index is 85.9. The van der Waals surface area contributed by atoms with Gasteiger partial charge in [-0.25, -0.2) is 0 Å². The molecule has 0 unspecified atom stereocenters. The van der Waals surface area contributed by atoms with Gasteiger partial charge in [0.1, 0.15) is 0 Å². The first-order valence-corrected chi connectivity index (χ1v) is 3.05. The van der Waals surface area contributed by atoms with E-state index < -0.39 is 26.0 Å². The summed E-state index contributed by atoms with van der Waals surface area (Å²) >= 11 is -2.06. The zero-order valence-corrected chi connectivity index (χ0v) is 5.12. The van der Waals surface area contributed by atoms with Crippen molar-refractivity contribution in [3.63, 3.8) is 0 Å². The van der Waals surface area contributed by atoms with Gasteiger partial charge in [0.25, 0.3) is 0 Å². The summed E-state index contributed by atoms with van der Waals surface area (Å²) in [4.78, 5) is 18.4. The average molecular weight is 287 g/mol. The maximum absolute atomic E-state index is 9.22. The summed E-state index contributed by atoms with van der Waals surface area (Å²) in [5.41, 5.74) is 0. The van der Waals surface area contributed by atoms with Crippen molar-refractivity contribution in [2.24, 2.45) is 0 Å². The molecular weight excluding hydrogens is 287 g/mol. The van der Waals surface area contributed by atoms with Crippen molar-refractivity contribution < 1.29 is 26.0 Å². The summed E-state index contributed by atoms with van der Waals surface area (Å²) < 4.78 is -1.78. The molecule has 0 heterocycles. The number of nitrogens with zero attached hydrogens (tertiary/aromatic N) is 2. The summed E-state index contributed by atoms with van der Waals surface area (Å²) in [5, 5.41) is 18.4. The van der Waals surface area contributed by atoms with E-state index in [0.29, 0.717) is 0 Å². The predicted octanol–water partition coefficient (Wildman–Crippen LogP) is -0.548. The van der Waals surface area contributed by atoms with Crippen molar-refractivity contribution in [2.45, 2.75) is 0 Å². The Kier molecular flexibility index (Phi) is 2.43. The van der Waals surface area contributed by atoms with Crippen LogP contribution < -0.4 is 0 Å². The molecule has 6 nitrogen and oxygen atoms in total. The maximum atomic E-state index is 9.22. The van der Waals surface area contributed by atoms with E-state index >= 15 is 0 Å². The molecule has 0 spiro atoms. The molecule has 0 saturated carbocycles. The van der Waals surface area contributed by atoms with E-state index in [1.807, 2.05) is 0 Å². The Labute approximate surface area is 46.9 Å². The van der Waals surface area contributed by atoms with E-state index in [0.717, 1.165) is 0 Å². The second kappa shape index (κ2) is 2.63. The zero-order valence-electron chi connectivity index (χ0n) is 2.84. The number of rotatable bonds is 2. The minimum absolute atomic E-state index is 0.889. The molecule has 0 aliphatic carbocycles. The van der Waals surface area contributed by atoms with E-state index in [2.05, 4.69) is 0 Å². The monoisotopic (exact) mass is 287 g/mol. The van der Waals surface area contributed by atoms with E-state index in [1.165, 1.54) is 0 Å². The van der Waals surface area contributed by atoms with E-state index in [-0.39, 0.29) is 0 Å². The van der Waals surface area contributed by atoms with Gasteiger partial charge in [0.05, 0.1) is 0 Å². The average Bonchev–Trinajstić information content (AvgIpc) is 1.27. The van der Waals surface area contributed by atoms with Crippen LogP contribution in [-0.4, -0.2) is 6.96 Å². The van der Waals surface area contributed by atoms with Crippen LogP contribution in [0.1, 0.15) is 0 Å². The van der Waals surface area contributed by atoms with E-state index in [9.17, 15) is 20.2 Å². The molecule has 0 rings (SSSR count). The Balaban J connectivity index is 3.32. The second-order valence-corrected chi connectivity index (χ2v) is 2.56. The number of nitro groups is 2. The first-order valence-electron chi connectivity index (χ1n) is 1.01. The second-order valence-electron chi connectivity index (χ2n) is 0.443. The van der Waals surface area contributed by atoms with Gasteiger partial charge in [-0.05, 0) is 0 Å². The van der Waals surface area contributed by atoms with Gasteiger partial charge < -0.3 is 0 Å². The van der Waals surface area contributed by atoms with Gasteiger partial charge in [-0.1, -0.05) is 0 Å². The van der Waals surface area contributed by atoms with Crippen LogP contribution in [-0.2, 0) is 19.1 Å². The molecule has 7 heavy (non-hydrogen) atoms. The van der Waals surface area contributed by atoms with Crippen LogP contribution >= 0.6 is 0 Å². The van der Waals surface area contributed by atoms with Crippen LogP contribution in [0.5, 0.6) is 0 Å². The fourth-order valence-corrected chi connectivity index (χ4v) is 0.345. The molecule has 0 N–H and O–H groups in total. The third kappa shape index (κ3) is 5.49. The summed E-state index contributed by atoms with van der Waals surface area (Å²) in [6.45, 7) is 0. The first kappa shape index (κ1) is 6.49. The summed E-state index contributed by atoms with van der Waals surface area (Å²) in [6, 6.07) is 0. The van der Waals surface area contributed by atoms with Crippen molar-refractivity contribution in [3.8, 4) is 0 Å². The normalized spacial score (nSPS) is 8.57. The first-order chi connectivity index (χ1) is 3.13. The molecule has 0 amide bonds. The van der Waals surface area contributed by atoms with Crippen molar-refractivity contribution in [2.75, 3.05) is 0 Å². The van der Waals surface area contributed by atoms with Crippen molar-refractivity contribution >= 4 is 0 Å². The summed E-state index contributed by atoms with van der Waals surface area (Å²) in [6.07, 6.45) is 0. The molecule has 0 saturated heterocycles. The molecule has 42 valence electrons. The standard InChI is InChI=1S/2NO2.Pt/c2*2-1-3;/q;;+2. The topological polar surface area (TPSA) is 86.3 Å². The Morgan fingerprint density at radius 3 is 1.43 bits per heavy atom. The van der Waals surface area contributed by atoms with Gasteiger partial charge in [-0.3, -0.25) is 0 Å². The van der Waals surface area contributed by atoms with Crippen molar-refractivity contribution in [1.29, 1.82) is 0 Å². The molecule has 0 bridgehead atoms. The van der Waals surface area contributed by atoms with Crippen LogP contribution in [0.15, 0.2) is 0 Å². The van der Waals surface area contributed by atoms with E-state index in [1.54, 1.807) is 0 Å². The third-order valence-electron chi connectivity index (χ3n) is 0.103. The van der Waals surface area contributed by atoms with Gasteiger partial charge in [-0.15, -0.1) is 0 Å². The summed E-state index contributed by atoms with van der Waals surface area (Å²) in [7, 11) is 0. The van der Waals surface area contributed by atoms with Gasteiger partial charge >= 0.3 is 46.3 Å². The molecule has 0 aromatic carbocycles. The molecule has 0 radical (unpaired) electrons. The van der Waals surface area contributed by atoms with Crippen LogP contribution in [0, 0.1) is 20.2 Å². The zero-order chi connectivity index (χ0) is 5.86. The van der Waals surface area contributed by atoms with Crippen LogP contribution in [0.25, 0.3) is 0 Å². The van der Waals surface area contributed by atoms with Gasteiger partial charge in [-0.2, -0.15) is 0 Å². The summed E-state index contributed by atoms with van der Waals surface area (Å²) in [5.74, 6) is 0. The third-order valence-corrected chi connectivity index (χ3v) is 0.845. The van der Waals surface area contributed by atoms with Crippen molar-refractivity contribution in [1.82, 2.24) is 0 Å². The quantitative estimate of drug-likeness (QED) is 0.504.